The summed E-state index contributed by atoms with van der Waals surface area (Å²) in [6.45, 7) is -0.714. The number of nitrogens with one attached hydrogen (secondary N) is 1. The van der Waals surface area contributed by atoms with E-state index in [0.717, 1.165) is 28.4 Å². The number of rotatable bonds is 8. The molecule has 0 aliphatic carbocycles. The molecular formula is C15H17N5O5S3. The van der Waals surface area contributed by atoms with Gasteiger partial charge in [-0.25, -0.2) is 9.78 Å². The van der Waals surface area contributed by atoms with Crippen molar-refractivity contribution in [1.82, 2.24) is 15.2 Å². The number of aromatic nitrogens is 1. The quantitative estimate of drug-likeness (QED) is 0.291. The highest BCUT2D eigenvalue weighted by molar-refractivity contribution is 8.00. The van der Waals surface area contributed by atoms with E-state index in [1.807, 2.05) is 12.5 Å². The summed E-state index contributed by atoms with van der Waals surface area (Å²) in [4.78, 5) is 46.0. The molecule has 28 heavy (non-hydrogen) atoms. The number of anilines is 1. The first-order valence-corrected chi connectivity index (χ1v) is 11.3. The fourth-order valence-corrected chi connectivity index (χ4v) is 5.07. The third-order valence-corrected chi connectivity index (χ3v) is 6.49. The summed E-state index contributed by atoms with van der Waals surface area (Å²) in [5.74, 6) is -0.505. The predicted molar refractivity (Wildman–Crippen MR) is 108 cm³/mol. The Bertz CT molecular complexity index is 855. The van der Waals surface area contributed by atoms with Crippen LogP contribution in [0.2, 0.25) is 0 Å². The van der Waals surface area contributed by atoms with Crippen LogP contribution in [-0.4, -0.2) is 74.3 Å². The summed E-state index contributed by atoms with van der Waals surface area (Å²) in [5, 5.41) is 16.4. The summed E-state index contributed by atoms with van der Waals surface area (Å²) in [7, 11) is 0. The second kappa shape index (κ2) is 8.84. The number of nitrogen functional groups attached to an aromatic ring is 1. The van der Waals surface area contributed by atoms with Crippen molar-refractivity contribution in [2.45, 2.75) is 11.4 Å². The highest BCUT2D eigenvalue weighted by Gasteiger charge is 2.49. The molecule has 0 radical (unpaired) electrons. The average Bonchev–Trinajstić information content (AvgIpc) is 3.09. The molecule has 0 spiro atoms. The summed E-state index contributed by atoms with van der Waals surface area (Å²) >= 11 is 4.36. The largest absolute Gasteiger partial charge is 0.479 e. The van der Waals surface area contributed by atoms with Crippen molar-refractivity contribution in [3.8, 4) is 0 Å². The molecule has 1 saturated heterocycles. The van der Waals surface area contributed by atoms with E-state index in [1.165, 1.54) is 5.38 Å². The molecule has 150 valence electrons. The fraction of sp³-hybridized carbons (Fsp3) is 0.400. The SMILES string of the molecule is CSCC1=CN2C(=O)C(NC(=O)C(=NOCC(=O)O)c3csc(N)n3)[C@@H]2SC1. The van der Waals surface area contributed by atoms with Crippen LogP contribution in [0.3, 0.4) is 0 Å². The van der Waals surface area contributed by atoms with Gasteiger partial charge in [0.1, 0.15) is 17.1 Å². The van der Waals surface area contributed by atoms with Gasteiger partial charge in [-0.3, -0.25) is 9.59 Å². The van der Waals surface area contributed by atoms with Crippen LogP contribution in [0, 0.1) is 0 Å². The maximum atomic E-state index is 12.7. The van der Waals surface area contributed by atoms with Crippen molar-refractivity contribution in [1.29, 1.82) is 0 Å². The van der Waals surface area contributed by atoms with E-state index in [4.69, 9.17) is 10.8 Å². The maximum absolute atomic E-state index is 12.7. The number of oxime groups is 1. The summed E-state index contributed by atoms with van der Waals surface area (Å²) in [5.41, 5.74) is 6.66. The van der Waals surface area contributed by atoms with Crippen LogP contribution in [0.15, 0.2) is 22.3 Å². The second-order valence-electron chi connectivity index (χ2n) is 5.80. The molecule has 1 unspecified atom stereocenters. The van der Waals surface area contributed by atoms with Crippen LogP contribution < -0.4 is 11.1 Å². The number of fused-ring (bicyclic) bond motifs is 1. The van der Waals surface area contributed by atoms with Crippen molar-refractivity contribution >= 4 is 63.5 Å². The number of aliphatic carboxylic acids is 1. The van der Waals surface area contributed by atoms with Crippen molar-refractivity contribution in [3.05, 3.63) is 22.8 Å². The first kappa shape index (κ1) is 20.5. The highest BCUT2D eigenvalue weighted by Crippen LogP contribution is 2.36. The van der Waals surface area contributed by atoms with Crippen LogP contribution in [0.4, 0.5) is 5.13 Å². The number of nitrogens with zero attached hydrogens (tertiary/aromatic N) is 3. The van der Waals surface area contributed by atoms with Gasteiger partial charge in [0, 0.05) is 23.1 Å². The van der Waals surface area contributed by atoms with Gasteiger partial charge in [-0.15, -0.1) is 23.1 Å². The normalized spacial score (nSPS) is 21.5. The summed E-state index contributed by atoms with van der Waals surface area (Å²) < 4.78 is 0. The molecule has 2 aliphatic rings. The number of β-lactam (4-membered cyclic amide) rings is 1. The van der Waals surface area contributed by atoms with Gasteiger partial charge in [0.15, 0.2) is 10.8 Å². The van der Waals surface area contributed by atoms with Crippen molar-refractivity contribution < 1.29 is 24.3 Å². The molecule has 1 aromatic heterocycles. The summed E-state index contributed by atoms with van der Waals surface area (Å²) in [6, 6.07) is -0.703. The van der Waals surface area contributed by atoms with E-state index in [2.05, 4.69) is 20.3 Å². The second-order valence-corrected chi connectivity index (χ2v) is 8.66. The van der Waals surface area contributed by atoms with Crippen LogP contribution >= 0.6 is 34.9 Å². The number of carboxylic acids is 1. The molecule has 13 heteroatoms. The van der Waals surface area contributed by atoms with Gasteiger partial charge in [-0.05, 0) is 11.8 Å². The Morgan fingerprint density at radius 1 is 1.57 bits per heavy atom. The molecule has 0 aromatic carbocycles. The van der Waals surface area contributed by atoms with Crippen molar-refractivity contribution in [2.24, 2.45) is 5.16 Å². The molecule has 2 atom stereocenters. The van der Waals surface area contributed by atoms with E-state index >= 15 is 0 Å². The first-order chi connectivity index (χ1) is 13.4. The maximum Gasteiger partial charge on any atom is 0.344 e. The molecule has 10 nitrogen and oxygen atoms in total. The van der Waals surface area contributed by atoms with Gasteiger partial charge in [0.05, 0.1) is 0 Å². The Balaban J connectivity index is 1.71. The van der Waals surface area contributed by atoms with E-state index < -0.39 is 24.5 Å². The van der Waals surface area contributed by atoms with Crippen LogP contribution in [0.1, 0.15) is 5.69 Å². The molecule has 3 rings (SSSR count). The average molecular weight is 444 g/mol. The van der Waals surface area contributed by atoms with Gasteiger partial charge in [0.25, 0.3) is 11.8 Å². The molecular weight excluding hydrogens is 426 g/mol. The fourth-order valence-electron chi connectivity index (χ4n) is 2.59. The zero-order chi connectivity index (χ0) is 20.3. The van der Waals surface area contributed by atoms with Gasteiger partial charge in [-0.2, -0.15) is 11.8 Å². The minimum absolute atomic E-state index is 0.146. The number of nitrogens with two attached hydrogens (primary N) is 1. The molecule has 2 amide bonds. The molecule has 3 heterocycles. The number of thiazole rings is 1. The number of carboxylic acid groups (broad SMARTS) is 1. The molecule has 0 saturated carbocycles. The molecule has 1 aromatic rings. The van der Waals surface area contributed by atoms with Gasteiger partial charge < -0.3 is 25.9 Å². The lowest BCUT2D eigenvalue weighted by Gasteiger charge is -2.47. The Morgan fingerprint density at radius 3 is 3.00 bits per heavy atom. The number of amides is 2. The first-order valence-electron chi connectivity index (χ1n) is 7.97. The third-order valence-electron chi connectivity index (χ3n) is 3.78. The number of thioether (sulfide) groups is 2. The van der Waals surface area contributed by atoms with Crippen LogP contribution in [-0.2, 0) is 19.2 Å². The molecule has 4 N–H and O–H groups in total. The Labute approximate surface area is 172 Å². The monoisotopic (exact) mass is 443 g/mol. The number of hydrogen-bond donors (Lipinski definition) is 3. The lowest BCUT2D eigenvalue weighted by atomic mass is 10.1. The molecule has 0 bridgehead atoms. The Hall–Kier alpha value is -2.25. The zero-order valence-corrected chi connectivity index (χ0v) is 17.1. The minimum Gasteiger partial charge on any atom is -0.479 e. The number of hydrogen-bond acceptors (Lipinski definition) is 10. The highest BCUT2D eigenvalue weighted by atomic mass is 32.2. The minimum atomic E-state index is -1.24. The smallest absolute Gasteiger partial charge is 0.344 e. The van der Waals surface area contributed by atoms with E-state index in [0.29, 0.717) is 0 Å². The van der Waals surface area contributed by atoms with E-state index in [9.17, 15) is 14.4 Å². The summed E-state index contributed by atoms with van der Waals surface area (Å²) in [6.07, 6.45) is 3.84. The van der Waals surface area contributed by atoms with Crippen LogP contribution in [0.5, 0.6) is 0 Å². The Kier molecular flexibility index (Phi) is 6.46. The van der Waals surface area contributed by atoms with Gasteiger partial charge in [0.2, 0.25) is 6.61 Å². The predicted octanol–water partition coefficient (Wildman–Crippen LogP) is 0.177. The van der Waals surface area contributed by atoms with E-state index in [1.54, 1.807) is 28.4 Å². The standard InChI is InChI=1S/C15H17N5O5S3/c1-26-4-7-2-20-13(24)11(14(20)27-5-7)18-12(23)10(19-25-3-9(21)22)8-6-28-15(16)17-8/h2,6,11,14H,3-5H2,1H3,(H2,16,17)(H,18,23)(H,21,22)/t11?,14-/m0/s1. The Morgan fingerprint density at radius 2 is 2.36 bits per heavy atom. The molecule has 2 aliphatic heterocycles. The molecule has 1 fully saturated rings. The van der Waals surface area contributed by atoms with Gasteiger partial charge in [-0.1, -0.05) is 5.16 Å². The van der Waals surface area contributed by atoms with Crippen LogP contribution in [0.25, 0.3) is 0 Å². The van der Waals surface area contributed by atoms with Gasteiger partial charge >= 0.3 is 5.97 Å². The van der Waals surface area contributed by atoms with Crippen molar-refractivity contribution in [3.63, 3.8) is 0 Å². The lowest BCUT2D eigenvalue weighted by molar-refractivity contribution is -0.143. The van der Waals surface area contributed by atoms with E-state index in [-0.39, 0.29) is 27.8 Å². The number of carbonyl (C=O) groups excluding carboxylic acids is 2. The topological polar surface area (TPSA) is 147 Å². The number of carbonyl (C=O) groups is 3. The lowest BCUT2D eigenvalue weighted by Crippen LogP contribution is -2.69. The zero-order valence-electron chi connectivity index (χ0n) is 14.7. The van der Waals surface area contributed by atoms with Crippen molar-refractivity contribution in [2.75, 3.05) is 30.1 Å². The third kappa shape index (κ3) is 4.42.